The van der Waals surface area contributed by atoms with Crippen LogP contribution in [0.25, 0.3) is 6.08 Å². The van der Waals surface area contributed by atoms with Crippen LogP contribution in [0.15, 0.2) is 48.5 Å². The molecule has 2 aromatic carbocycles. The van der Waals surface area contributed by atoms with Crippen molar-refractivity contribution in [2.45, 2.75) is 20.5 Å². The second-order valence-corrected chi connectivity index (χ2v) is 7.34. The third-order valence-corrected chi connectivity index (χ3v) is 5.43. The fourth-order valence-electron chi connectivity index (χ4n) is 3.77. The average molecular weight is 395 g/mol. The van der Waals surface area contributed by atoms with E-state index < -0.39 is 5.97 Å². The van der Waals surface area contributed by atoms with Gasteiger partial charge in [-0.3, -0.25) is 4.90 Å². The van der Waals surface area contributed by atoms with E-state index in [1.807, 2.05) is 50.3 Å². The molecule has 0 aromatic heterocycles. The van der Waals surface area contributed by atoms with Crippen molar-refractivity contribution in [1.29, 1.82) is 0 Å². The van der Waals surface area contributed by atoms with Gasteiger partial charge in [0.15, 0.2) is 0 Å². The standard InChI is InChI=1S/C24H30N2O3/c1-3-7-21-19(2)22(24(27)28)10-11-23(21)26-14-12-25(13-15-26)16-17-29-18-20-8-5-4-6-9-20/h3-11H,12-18H2,1-2H3,(H,27,28). The predicted octanol–water partition coefficient (Wildman–Crippen LogP) is 4.07. The molecule has 1 N–H and O–H groups in total. The van der Waals surface area contributed by atoms with E-state index in [1.165, 1.54) is 5.56 Å². The van der Waals surface area contributed by atoms with Gasteiger partial charge in [-0.15, -0.1) is 0 Å². The van der Waals surface area contributed by atoms with Crippen LogP contribution >= 0.6 is 0 Å². The lowest BCUT2D eigenvalue weighted by molar-refractivity contribution is 0.0696. The van der Waals surface area contributed by atoms with Crippen LogP contribution < -0.4 is 4.90 Å². The van der Waals surface area contributed by atoms with Gasteiger partial charge < -0.3 is 14.7 Å². The molecule has 1 fully saturated rings. The molecule has 1 heterocycles. The molecule has 5 heteroatoms. The number of nitrogens with zero attached hydrogens (tertiary/aromatic N) is 2. The molecule has 0 aliphatic carbocycles. The number of benzene rings is 2. The van der Waals surface area contributed by atoms with E-state index in [2.05, 4.69) is 21.9 Å². The second kappa shape index (κ2) is 10.2. The second-order valence-electron chi connectivity index (χ2n) is 7.34. The fourth-order valence-corrected chi connectivity index (χ4v) is 3.77. The minimum absolute atomic E-state index is 0.371. The maximum atomic E-state index is 11.5. The lowest BCUT2D eigenvalue weighted by atomic mass is 9.98. The number of piperazine rings is 1. The highest BCUT2D eigenvalue weighted by Crippen LogP contribution is 2.29. The van der Waals surface area contributed by atoms with Crippen LogP contribution in [-0.4, -0.2) is 55.3 Å². The summed E-state index contributed by atoms with van der Waals surface area (Å²) in [7, 11) is 0. The van der Waals surface area contributed by atoms with Crippen molar-refractivity contribution < 1.29 is 14.6 Å². The van der Waals surface area contributed by atoms with Gasteiger partial charge in [-0.1, -0.05) is 42.5 Å². The Hall–Kier alpha value is -2.63. The Morgan fingerprint density at radius 1 is 1.10 bits per heavy atom. The van der Waals surface area contributed by atoms with Crippen molar-refractivity contribution >= 4 is 17.7 Å². The Bertz CT molecular complexity index is 841. The molecule has 2 aromatic rings. The van der Waals surface area contributed by atoms with Gasteiger partial charge in [0.2, 0.25) is 0 Å². The molecule has 0 amide bonds. The SMILES string of the molecule is CC=Cc1c(N2CCN(CCOCc3ccccc3)CC2)ccc(C(=O)O)c1C. The Morgan fingerprint density at radius 3 is 2.48 bits per heavy atom. The van der Waals surface area contributed by atoms with E-state index in [4.69, 9.17) is 4.74 Å². The van der Waals surface area contributed by atoms with E-state index >= 15 is 0 Å². The summed E-state index contributed by atoms with van der Waals surface area (Å²) in [4.78, 5) is 16.3. The molecular weight excluding hydrogens is 364 g/mol. The Balaban J connectivity index is 1.54. The zero-order valence-electron chi connectivity index (χ0n) is 17.3. The van der Waals surface area contributed by atoms with E-state index in [0.29, 0.717) is 12.2 Å². The minimum Gasteiger partial charge on any atom is -0.478 e. The molecular formula is C24H30N2O3. The number of hydrogen-bond acceptors (Lipinski definition) is 4. The summed E-state index contributed by atoms with van der Waals surface area (Å²) in [5.74, 6) is -0.875. The smallest absolute Gasteiger partial charge is 0.335 e. The molecule has 3 rings (SSSR count). The summed E-state index contributed by atoms with van der Waals surface area (Å²) in [6.07, 6.45) is 3.98. The lowest BCUT2D eigenvalue weighted by Gasteiger charge is -2.37. The summed E-state index contributed by atoms with van der Waals surface area (Å²) in [5, 5.41) is 9.41. The third kappa shape index (κ3) is 5.46. The van der Waals surface area contributed by atoms with E-state index in [1.54, 1.807) is 6.07 Å². The molecule has 1 aliphatic rings. The number of hydrogen-bond donors (Lipinski definition) is 1. The van der Waals surface area contributed by atoms with Crippen molar-refractivity contribution in [2.75, 3.05) is 44.2 Å². The predicted molar refractivity (Wildman–Crippen MR) is 118 cm³/mol. The highest BCUT2D eigenvalue weighted by Gasteiger charge is 2.21. The minimum atomic E-state index is -0.875. The molecule has 5 nitrogen and oxygen atoms in total. The molecule has 0 unspecified atom stereocenters. The average Bonchev–Trinajstić information content (AvgIpc) is 2.74. The van der Waals surface area contributed by atoms with E-state index in [-0.39, 0.29) is 0 Å². The molecule has 0 radical (unpaired) electrons. The molecule has 0 bridgehead atoms. The van der Waals surface area contributed by atoms with Gasteiger partial charge in [0.05, 0.1) is 18.8 Å². The first-order chi connectivity index (χ1) is 14.1. The Kier molecular flexibility index (Phi) is 7.44. The number of anilines is 1. The number of carboxylic acid groups (broad SMARTS) is 1. The topological polar surface area (TPSA) is 53.0 Å². The molecule has 0 saturated carbocycles. The molecule has 154 valence electrons. The van der Waals surface area contributed by atoms with Crippen molar-refractivity contribution in [3.8, 4) is 0 Å². The zero-order valence-corrected chi connectivity index (χ0v) is 17.3. The first kappa shape index (κ1) is 21.1. The van der Waals surface area contributed by atoms with Crippen LogP contribution in [-0.2, 0) is 11.3 Å². The fraction of sp³-hybridized carbons (Fsp3) is 0.375. The van der Waals surface area contributed by atoms with Gasteiger partial charge in [0.25, 0.3) is 0 Å². The van der Waals surface area contributed by atoms with Gasteiger partial charge in [-0.2, -0.15) is 0 Å². The first-order valence-corrected chi connectivity index (χ1v) is 10.2. The lowest BCUT2D eigenvalue weighted by Crippen LogP contribution is -2.47. The number of ether oxygens (including phenoxy) is 1. The van der Waals surface area contributed by atoms with Crippen LogP contribution in [0.5, 0.6) is 0 Å². The van der Waals surface area contributed by atoms with Crippen molar-refractivity contribution in [3.05, 3.63) is 70.8 Å². The highest BCUT2D eigenvalue weighted by atomic mass is 16.5. The largest absolute Gasteiger partial charge is 0.478 e. The number of carbonyl (C=O) groups is 1. The van der Waals surface area contributed by atoms with Gasteiger partial charge in [0, 0.05) is 44.0 Å². The quantitative estimate of drug-likeness (QED) is 0.684. The molecule has 0 spiro atoms. The van der Waals surface area contributed by atoms with Crippen LogP contribution in [0.4, 0.5) is 5.69 Å². The summed E-state index contributed by atoms with van der Waals surface area (Å²) in [6, 6.07) is 13.9. The number of carboxylic acids is 1. The normalized spacial score (nSPS) is 15.2. The molecule has 1 aliphatic heterocycles. The number of allylic oxidation sites excluding steroid dienone is 1. The monoisotopic (exact) mass is 394 g/mol. The summed E-state index contributed by atoms with van der Waals surface area (Å²) < 4.78 is 5.82. The maximum absolute atomic E-state index is 11.5. The van der Waals surface area contributed by atoms with Gasteiger partial charge in [-0.25, -0.2) is 4.79 Å². The first-order valence-electron chi connectivity index (χ1n) is 10.2. The summed E-state index contributed by atoms with van der Waals surface area (Å²) in [6.45, 7) is 9.97. The molecule has 1 saturated heterocycles. The van der Waals surface area contributed by atoms with Crippen LogP contribution in [0.3, 0.4) is 0 Å². The number of aromatic carboxylic acids is 1. The van der Waals surface area contributed by atoms with Crippen LogP contribution in [0.1, 0.15) is 34.0 Å². The van der Waals surface area contributed by atoms with Gasteiger partial charge >= 0.3 is 5.97 Å². The van der Waals surface area contributed by atoms with Crippen molar-refractivity contribution in [1.82, 2.24) is 4.90 Å². The molecule has 29 heavy (non-hydrogen) atoms. The van der Waals surface area contributed by atoms with E-state index in [9.17, 15) is 9.90 Å². The molecule has 0 atom stereocenters. The third-order valence-electron chi connectivity index (χ3n) is 5.43. The zero-order chi connectivity index (χ0) is 20.6. The van der Waals surface area contributed by atoms with Crippen LogP contribution in [0, 0.1) is 6.92 Å². The summed E-state index contributed by atoms with van der Waals surface area (Å²) in [5.41, 5.74) is 4.52. The van der Waals surface area contributed by atoms with Crippen molar-refractivity contribution in [3.63, 3.8) is 0 Å². The highest BCUT2D eigenvalue weighted by molar-refractivity contribution is 5.92. The summed E-state index contributed by atoms with van der Waals surface area (Å²) >= 11 is 0. The Morgan fingerprint density at radius 2 is 1.83 bits per heavy atom. The maximum Gasteiger partial charge on any atom is 0.335 e. The van der Waals surface area contributed by atoms with E-state index in [0.717, 1.165) is 56.1 Å². The van der Waals surface area contributed by atoms with Gasteiger partial charge in [-0.05, 0) is 37.1 Å². The van der Waals surface area contributed by atoms with Crippen molar-refractivity contribution in [2.24, 2.45) is 0 Å². The number of rotatable bonds is 8. The van der Waals surface area contributed by atoms with Gasteiger partial charge in [0.1, 0.15) is 0 Å². The Labute approximate surface area is 173 Å². The van der Waals surface area contributed by atoms with Crippen LogP contribution in [0.2, 0.25) is 0 Å².